The molecule has 0 aliphatic carbocycles. The number of nitrogens with one attached hydrogen (secondary N) is 1. The van der Waals surface area contributed by atoms with Crippen LogP contribution in [-0.2, 0) is 9.59 Å². The van der Waals surface area contributed by atoms with Crippen LogP contribution in [-0.4, -0.2) is 34.7 Å². The van der Waals surface area contributed by atoms with Crippen LogP contribution in [0.1, 0.15) is 51.9 Å². The van der Waals surface area contributed by atoms with Gasteiger partial charge in [-0.05, 0) is 6.42 Å². The highest BCUT2D eigenvalue weighted by Crippen LogP contribution is 2.04. The summed E-state index contributed by atoms with van der Waals surface area (Å²) in [4.78, 5) is 21.4. The highest BCUT2D eigenvalue weighted by Gasteiger charge is 2.17. The van der Waals surface area contributed by atoms with Gasteiger partial charge in [0.15, 0.2) is 0 Å². The third-order valence-electron chi connectivity index (χ3n) is 2.50. The Morgan fingerprint density at radius 1 is 1.12 bits per heavy atom. The smallest absolute Gasteiger partial charge is 0.306 e. The van der Waals surface area contributed by atoms with Gasteiger partial charge in [0.05, 0.1) is 6.42 Å². The number of rotatable bonds is 10. The summed E-state index contributed by atoms with van der Waals surface area (Å²) in [7, 11) is 0. The number of aliphatic hydroxyl groups excluding tert-OH is 1. The molecule has 0 saturated carbocycles. The maximum Gasteiger partial charge on any atom is 0.306 e. The Balaban J connectivity index is 3.41. The van der Waals surface area contributed by atoms with Gasteiger partial charge in [-0.2, -0.15) is 0 Å². The first-order chi connectivity index (χ1) is 8.07. The molecule has 0 heterocycles. The van der Waals surface area contributed by atoms with Crippen LogP contribution < -0.4 is 5.32 Å². The van der Waals surface area contributed by atoms with Crippen molar-refractivity contribution in [3.63, 3.8) is 0 Å². The van der Waals surface area contributed by atoms with Gasteiger partial charge in [-0.1, -0.05) is 39.0 Å². The minimum absolute atomic E-state index is 0.502. The zero-order valence-electron chi connectivity index (χ0n) is 10.4. The minimum atomic E-state index is -1.44. The fraction of sp³-hybridized carbons (Fsp3) is 0.833. The minimum Gasteiger partial charge on any atom is -0.481 e. The maximum atomic E-state index is 11.2. The first kappa shape index (κ1) is 15.9. The van der Waals surface area contributed by atoms with E-state index in [4.69, 9.17) is 10.2 Å². The molecule has 0 aliphatic heterocycles. The van der Waals surface area contributed by atoms with Crippen molar-refractivity contribution in [2.75, 3.05) is 6.54 Å². The van der Waals surface area contributed by atoms with Gasteiger partial charge in [-0.25, -0.2) is 0 Å². The number of carbonyl (C=O) groups is 2. The summed E-state index contributed by atoms with van der Waals surface area (Å²) in [5, 5.41) is 20.1. The van der Waals surface area contributed by atoms with Gasteiger partial charge in [0, 0.05) is 6.54 Å². The summed E-state index contributed by atoms with van der Waals surface area (Å²) in [6.45, 7) is 2.66. The number of hydrogen-bond acceptors (Lipinski definition) is 3. The first-order valence-corrected chi connectivity index (χ1v) is 6.25. The number of hydrogen-bond donors (Lipinski definition) is 3. The lowest BCUT2D eigenvalue weighted by Crippen LogP contribution is -2.36. The second-order valence-corrected chi connectivity index (χ2v) is 4.17. The molecule has 0 aliphatic rings. The zero-order chi connectivity index (χ0) is 13.1. The molecule has 5 nitrogen and oxygen atoms in total. The first-order valence-electron chi connectivity index (χ1n) is 6.25. The largest absolute Gasteiger partial charge is 0.481 e. The number of carbonyl (C=O) groups excluding carboxylic acids is 1. The SMILES string of the molecule is CCCCCCCCNC(=O)C(O)CC(=O)O. The Morgan fingerprint density at radius 2 is 1.71 bits per heavy atom. The lowest BCUT2D eigenvalue weighted by molar-refractivity contribution is -0.143. The molecule has 17 heavy (non-hydrogen) atoms. The predicted octanol–water partition coefficient (Wildman–Crippen LogP) is 1.30. The van der Waals surface area contributed by atoms with E-state index in [0.717, 1.165) is 19.3 Å². The number of carboxylic acid groups (broad SMARTS) is 1. The lowest BCUT2D eigenvalue weighted by Gasteiger charge is -2.09. The second-order valence-electron chi connectivity index (χ2n) is 4.17. The van der Waals surface area contributed by atoms with Crippen molar-refractivity contribution in [2.24, 2.45) is 0 Å². The van der Waals surface area contributed by atoms with E-state index < -0.39 is 24.4 Å². The van der Waals surface area contributed by atoms with Gasteiger partial charge >= 0.3 is 5.97 Å². The molecule has 0 saturated heterocycles. The number of carboxylic acids is 1. The van der Waals surface area contributed by atoms with Crippen LogP contribution in [0.3, 0.4) is 0 Å². The van der Waals surface area contributed by atoms with E-state index >= 15 is 0 Å². The average molecular weight is 245 g/mol. The summed E-state index contributed by atoms with van der Waals surface area (Å²) in [6, 6.07) is 0. The number of aliphatic hydroxyl groups is 1. The Labute approximate surface area is 102 Å². The fourth-order valence-corrected chi connectivity index (χ4v) is 1.49. The van der Waals surface area contributed by atoms with Gasteiger partial charge in [0.1, 0.15) is 6.10 Å². The summed E-state index contributed by atoms with van der Waals surface area (Å²) in [5.74, 6) is -1.77. The van der Waals surface area contributed by atoms with Crippen LogP contribution in [0.2, 0.25) is 0 Å². The molecule has 1 atom stereocenters. The summed E-state index contributed by atoms with van der Waals surface area (Å²) < 4.78 is 0. The molecule has 5 heteroatoms. The molecular formula is C12H23NO4. The molecule has 0 aromatic rings. The molecular weight excluding hydrogens is 222 g/mol. The molecule has 100 valence electrons. The van der Waals surface area contributed by atoms with Crippen molar-refractivity contribution in [3.8, 4) is 0 Å². The van der Waals surface area contributed by atoms with Crippen molar-refractivity contribution in [3.05, 3.63) is 0 Å². The monoisotopic (exact) mass is 245 g/mol. The summed E-state index contributed by atoms with van der Waals surface area (Å²) in [5.41, 5.74) is 0. The van der Waals surface area contributed by atoms with E-state index in [-0.39, 0.29) is 0 Å². The molecule has 0 bridgehead atoms. The van der Waals surface area contributed by atoms with Gasteiger partial charge in [-0.15, -0.1) is 0 Å². The fourth-order valence-electron chi connectivity index (χ4n) is 1.49. The Hall–Kier alpha value is -1.10. The molecule has 0 aromatic carbocycles. The molecule has 0 fully saturated rings. The molecule has 1 unspecified atom stereocenters. The normalized spacial score (nSPS) is 12.1. The topological polar surface area (TPSA) is 86.6 Å². The molecule has 0 aromatic heterocycles. The molecule has 0 radical (unpaired) electrons. The third-order valence-corrected chi connectivity index (χ3v) is 2.50. The summed E-state index contributed by atoms with van der Waals surface area (Å²) >= 11 is 0. The van der Waals surface area contributed by atoms with E-state index in [1.807, 2.05) is 0 Å². The van der Waals surface area contributed by atoms with Crippen molar-refractivity contribution < 1.29 is 19.8 Å². The van der Waals surface area contributed by atoms with E-state index in [1.165, 1.54) is 19.3 Å². The van der Waals surface area contributed by atoms with Crippen LogP contribution in [0.4, 0.5) is 0 Å². The highest BCUT2D eigenvalue weighted by molar-refractivity contribution is 5.84. The quantitative estimate of drug-likeness (QED) is 0.506. The summed E-state index contributed by atoms with van der Waals surface area (Å²) in [6.07, 6.45) is 4.76. The number of amides is 1. The predicted molar refractivity (Wildman–Crippen MR) is 64.6 cm³/mol. The molecule has 0 spiro atoms. The zero-order valence-corrected chi connectivity index (χ0v) is 10.4. The second kappa shape index (κ2) is 10.1. The van der Waals surface area contributed by atoms with Crippen LogP contribution in [0.15, 0.2) is 0 Å². The van der Waals surface area contributed by atoms with Crippen LogP contribution >= 0.6 is 0 Å². The Bertz CT molecular complexity index is 231. The van der Waals surface area contributed by atoms with E-state index in [1.54, 1.807) is 0 Å². The average Bonchev–Trinajstić information content (AvgIpc) is 2.26. The van der Waals surface area contributed by atoms with Gasteiger partial charge < -0.3 is 15.5 Å². The van der Waals surface area contributed by atoms with Crippen LogP contribution in [0.25, 0.3) is 0 Å². The van der Waals surface area contributed by atoms with E-state index in [0.29, 0.717) is 6.54 Å². The Morgan fingerprint density at radius 3 is 2.29 bits per heavy atom. The lowest BCUT2D eigenvalue weighted by atomic mass is 10.1. The van der Waals surface area contributed by atoms with Crippen molar-refractivity contribution in [2.45, 2.75) is 58.0 Å². The number of aliphatic carboxylic acids is 1. The van der Waals surface area contributed by atoms with E-state index in [9.17, 15) is 9.59 Å². The van der Waals surface area contributed by atoms with Crippen LogP contribution in [0, 0.1) is 0 Å². The highest BCUT2D eigenvalue weighted by atomic mass is 16.4. The van der Waals surface area contributed by atoms with Gasteiger partial charge in [0.25, 0.3) is 0 Å². The Kier molecular flexibility index (Phi) is 9.43. The molecule has 1 amide bonds. The third kappa shape index (κ3) is 9.81. The standard InChI is InChI=1S/C12H23NO4/c1-2-3-4-5-6-7-8-13-12(17)10(14)9-11(15)16/h10,14H,2-9H2,1H3,(H,13,17)(H,15,16). The van der Waals surface area contributed by atoms with Crippen molar-refractivity contribution in [1.29, 1.82) is 0 Å². The maximum absolute atomic E-state index is 11.2. The van der Waals surface area contributed by atoms with Gasteiger partial charge in [0.2, 0.25) is 5.91 Å². The van der Waals surface area contributed by atoms with Crippen LogP contribution in [0.5, 0.6) is 0 Å². The molecule has 0 rings (SSSR count). The number of unbranched alkanes of at least 4 members (excludes halogenated alkanes) is 5. The van der Waals surface area contributed by atoms with E-state index in [2.05, 4.69) is 12.2 Å². The van der Waals surface area contributed by atoms with Crippen molar-refractivity contribution in [1.82, 2.24) is 5.32 Å². The van der Waals surface area contributed by atoms with Crippen molar-refractivity contribution >= 4 is 11.9 Å². The molecule has 3 N–H and O–H groups in total. The van der Waals surface area contributed by atoms with Gasteiger partial charge in [-0.3, -0.25) is 9.59 Å².